The van der Waals surface area contributed by atoms with Crippen LogP contribution in [-0.2, 0) is 16.0 Å². The fourth-order valence-corrected chi connectivity index (χ4v) is 3.82. The zero-order valence-electron chi connectivity index (χ0n) is 17.1. The van der Waals surface area contributed by atoms with Gasteiger partial charge < -0.3 is 14.5 Å². The third-order valence-electron chi connectivity index (χ3n) is 5.74. The first-order valence-corrected chi connectivity index (χ1v) is 10.7. The minimum Gasteiger partial charge on any atom is -0.484 e. The van der Waals surface area contributed by atoms with Gasteiger partial charge >= 0.3 is 0 Å². The molecule has 3 rings (SSSR count). The van der Waals surface area contributed by atoms with Gasteiger partial charge in [0.2, 0.25) is 5.91 Å². The maximum atomic E-state index is 12.5. The number of hydrogen-bond acceptors (Lipinski definition) is 4. The van der Waals surface area contributed by atoms with Crippen molar-refractivity contribution in [3.8, 4) is 5.75 Å². The third kappa shape index (κ3) is 5.96. The Bertz CT molecular complexity index is 631. The van der Waals surface area contributed by atoms with Gasteiger partial charge in [0.15, 0.2) is 6.61 Å². The zero-order valence-corrected chi connectivity index (χ0v) is 17.1. The number of benzene rings is 1. The molecule has 2 aliphatic rings. The van der Waals surface area contributed by atoms with Gasteiger partial charge in [-0.15, -0.1) is 0 Å². The topological polar surface area (TPSA) is 53.1 Å². The van der Waals surface area contributed by atoms with E-state index in [1.165, 1.54) is 18.4 Å². The SMILES string of the molecule is CCc1ccc(OCC(=O)N2CCN(CC(=O)N3CCCCCC3)CC2)cc1. The second kappa shape index (κ2) is 10.5. The quantitative estimate of drug-likeness (QED) is 0.751. The molecule has 0 aromatic heterocycles. The van der Waals surface area contributed by atoms with Crippen molar-refractivity contribution in [3.63, 3.8) is 0 Å². The fourth-order valence-electron chi connectivity index (χ4n) is 3.82. The van der Waals surface area contributed by atoms with Crippen LogP contribution in [0.1, 0.15) is 38.2 Å². The van der Waals surface area contributed by atoms with E-state index in [2.05, 4.69) is 11.8 Å². The highest BCUT2D eigenvalue weighted by molar-refractivity contribution is 5.79. The van der Waals surface area contributed by atoms with Crippen molar-refractivity contribution in [2.45, 2.75) is 39.0 Å². The van der Waals surface area contributed by atoms with Gasteiger partial charge in [-0.05, 0) is 37.0 Å². The molecule has 0 spiro atoms. The lowest BCUT2D eigenvalue weighted by atomic mass is 10.2. The van der Waals surface area contributed by atoms with Gasteiger partial charge in [0.25, 0.3) is 5.91 Å². The summed E-state index contributed by atoms with van der Waals surface area (Å²) in [5, 5.41) is 0. The molecule has 2 fully saturated rings. The molecule has 28 heavy (non-hydrogen) atoms. The van der Waals surface area contributed by atoms with E-state index in [4.69, 9.17) is 4.74 Å². The van der Waals surface area contributed by atoms with Crippen LogP contribution in [0.3, 0.4) is 0 Å². The summed E-state index contributed by atoms with van der Waals surface area (Å²) in [6, 6.07) is 7.89. The highest BCUT2D eigenvalue weighted by atomic mass is 16.5. The molecule has 6 nitrogen and oxygen atoms in total. The van der Waals surface area contributed by atoms with Gasteiger partial charge in [-0.25, -0.2) is 0 Å². The van der Waals surface area contributed by atoms with Gasteiger partial charge in [0.05, 0.1) is 6.54 Å². The monoisotopic (exact) mass is 387 g/mol. The molecular weight excluding hydrogens is 354 g/mol. The number of amides is 2. The second-order valence-electron chi connectivity index (χ2n) is 7.74. The molecule has 0 aliphatic carbocycles. The van der Waals surface area contributed by atoms with Crippen LogP contribution in [0, 0.1) is 0 Å². The smallest absolute Gasteiger partial charge is 0.260 e. The van der Waals surface area contributed by atoms with Gasteiger partial charge in [0.1, 0.15) is 5.75 Å². The largest absolute Gasteiger partial charge is 0.484 e. The molecule has 0 unspecified atom stereocenters. The Balaban J connectivity index is 1.37. The number of ether oxygens (including phenoxy) is 1. The van der Waals surface area contributed by atoms with Crippen LogP contribution in [0.4, 0.5) is 0 Å². The van der Waals surface area contributed by atoms with E-state index in [0.717, 1.165) is 51.2 Å². The van der Waals surface area contributed by atoms with Crippen LogP contribution in [0.25, 0.3) is 0 Å². The van der Waals surface area contributed by atoms with Crippen LogP contribution in [0.15, 0.2) is 24.3 Å². The average molecular weight is 388 g/mol. The van der Waals surface area contributed by atoms with E-state index < -0.39 is 0 Å². The van der Waals surface area contributed by atoms with Crippen LogP contribution < -0.4 is 4.74 Å². The molecule has 0 N–H and O–H groups in total. The normalized spacial score (nSPS) is 18.6. The van der Waals surface area contributed by atoms with Gasteiger partial charge in [-0.3, -0.25) is 14.5 Å². The van der Waals surface area contributed by atoms with E-state index in [1.54, 1.807) is 0 Å². The Hall–Kier alpha value is -2.08. The first-order chi connectivity index (χ1) is 13.7. The molecule has 1 aromatic carbocycles. The van der Waals surface area contributed by atoms with Crippen molar-refractivity contribution in [2.24, 2.45) is 0 Å². The van der Waals surface area contributed by atoms with E-state index in [9.17, 15) is 9.59 Å². The molecular formula is C22H33N3O3. The molecule has 1 aromatic rings. The summed E-state index contributed by atoms with van der Waals surface area (Å²) < 4.78 is 5.64. The number of carbonyl (C=O) groups excluding carboxylic acids is 2. The predicted molar refractivity (Wildman–Crippen MR) is 109 cm³/mol. The highest BCUT2D eigenvalue weighted by Gasteiger charge is 2.24. The minimum atomic E-state index is 0.0121. The molecule has 0 radical (unpaired) electrons. The van der Waals surface area contributed by atoms with E-state index in [-0.39, 0.29) is 18.4 Å². The Morgan fingerprint density at radius 1 is 0.821 bits per heavy atom. The third-order valence-corrected chi connectivity index (χ3v) is 5.74. The minimum absolute atomic E-state index is 0.0121. The predicted octanol–water partition coefficient (Wildman–Crippen LogP) is 2.17. The number of piperazine rings is 1. The maximum Gasteiger partial charge on any atom is 0.260 e. The molecule has 2 heterocycles. The van der Waals surface area contributed by atoms with Crippen molar-refractivity contribution in [2.75, 3.05) is 52.4 Å². The number of aryl methyl sites for hydroxylation is 1. The standard InChI is InChI=1S/C22H33N3O3/c1-2-19-7-9-20(10-8-19)28-18-22(27)25-15-13-23(14-16-25)17-21(26)24-11-5-3-4-6-12-24/h7-10H,2-6,11-18H2,1H3. The summed E-state index contributed by atoms with van der Waals surface area (Å²) in [5.41, 5.74) is 1.25. The van der Waals surface area contributed by atoms with E-state index >= 15 is 0 Å². The average Bonchev–Trinajstić information content (AvgIpc) is 3.02. The van der Waals surface area contributed by atoms with Crippen LogP contribution in [-0.4, -0.2) is 78.9 Å². The molecule has 0 atom stereocenters. The Morgan fingerprint density at radius 3 is 2.04 bits per heavy atom. The lowest BCUT2D eigenvalue weighted by molar-refractivity contribution is -0.136. The lowest BCUT2D eigenvalue weighted by Crippen LogP contribution is -2.52. The van der Waals surface area contributed by atoms with Gasteiger partial charge in [-0.2, -0.15) is 0 Å². The van der Waals surface area contributed by atoms with Crippen molar-refractivity contribution in [1.29, 1.82) is 0 Å². The second-order valence-corrected chi connectivity index (χ2v) is 7.74. The molecule has 2 amide bonds. The molecule has 0 bridgehead atoms. The van der Waals surface area contributed by atoms with Crippen LogP contribution in [0.5, 0.6) is 5.75 Å². The fraction of sp³-hybridized carbons (Fsp3) is 0.636. The zero-order chi connectivity index (χ0) is 19.8. The summed E-state index contributed by atoms with van der Waals surface area (Å²) in [6.07, 6.45) is 5.69. The Kier molecular flexibility index (Phi) is 7.71. The van der Waals surface area contributed by atoms with E-state index in [1.807, 2.05) is 34.1 Å². The number of rotatable bonds is 6. The van der Waals surface area contributed by atoms with Crippen LogP contribution >= 0.6 is 0 Å². The number of carbonyl (C=O) groups is 2. The highest BCUT2D eigenvalue weighted by Crippen LogP contribution is 2.13. The summed E-state index contributed by atoms with van der Waals surface area (Å²) >= 11 is 0. The first-order valence-electron chi connectivity index (χ1n) is 10.7. The summed E-state index contributed by atoms with van der Waals surface area (Å²) in [6.45, 7) is 7.25. The summed E-state index contributed by atoms with van der Waals surface area (Å²) in [4.78, 5) is 31.0. The Labute approximate surface area is 168 Å². The van der Waals surface area contributed by atoms with Crippen molar-refractivity contribution in [1.82, 2.24) is 14.7 Å². The van der Waals surface area contributed by atoms with Gasteiger partial charge in [0, 0.05) is 39.3 Å². The molecule has 2 aliphatic heterocycles. The van der Waals surface area contributed by atoms with E-state index in [0.29, 0.717) is 19.6 Å². The lowest BCUT2D eigenvalue weighted by Gasteiger charge is -2.35. The molecule has 0 saturated carbocycles. The van der Waals surface area contributed by atoms with Crippen molar-refractivity contribution in [3.05, 3.63) is 29.8 Å². The first kappa shape index (κ1) is 20.6. The maximum absolute atomic E-state index is 12.5. The Morgan fingerprint density at radius 2 is 1.43 bits per heavy atom. The number of likely N-dealkylation sites (tertiary alicyclic amines) is 1. The molecule has 154 valence electrons. The summed E-state index contributed by atoms with van der Waals surface area (Å²) in [5.74, 6) is 0.978. The van der Waals surface area contributed by atoms with Gasteiger partial charge in [-0.1, -0.05) is 31.9 Å². The molecule has 6 heteroatoms. The van der Waals surface area contributed by atoms with Crippen molar-refractivity contribution >= 4 is 11.8 Å². The number of hydrogen-bond donors (Lipinski definition) is 0. The van der Waals surface area contributed by atoms with Crippen molar-refractivity contribution < 1.29 is 14.3 Å². The summed E-state index contributed by atoms with van der Waals surface area (Å²) in [7, 11) is 0. The number of nitrogens with zero attached hydrogens (tertiary/aromatic N) is 3. The molecule has 2 saturated heterocycles. The van der Waals surface area contributed by atoms with Crippen LogP contribution in [0.2, 0.25) is 0 Å².